The average molecular weight is 272 g/mol. The molecule has 20 heavy (non-hydrogen) atoms. The van der Waals surface area contributed by atoms with Crippen LogP contribution in [0.5, 0.6) is 0 Å². The lowest BCUT2D eigenvalue weighted by molar-refractivity contribution is 0.706. The predicted molar refractivity (Wildman–Crippen MR) is 85.6 cm³/mol. The van der Waals surface area contributed by atoms with E-state index in [0.29, 0.717) is 5.92 Å². The normalized spacial score (nSPS) is 11.1. The molecule has 0 aliphatic heterocycles. The fourth-order valence-corrected chi connectivity index (χ4v) is 2.48. The van der Waals surface area contributed by atoms with Crippen molar-refractivity contribution in [2.45, 2.75) is 33.6 Å². The summed E-state index contributed by atoms with van der Waals surface area (Å²) in [6.45, 7) is 9.30. The molecule has 0 amide bonds. The summed E-state index contributed by atoms with van der Waals surface area (Å²) in [5.74, 6) is 1.30. The van der Waals surface area contributed by atoms with E-state index in [1.807, 2.05) is 11.7 Å². The van der Waals surface area contributed by atoms with Crippen molar-refractivity contribution in [3.63, 3.8) is 0 Å². The molecule has 1 aromatic heterocycles. The molecule has 0 saturated heterocycles. The molecule has 0 aliphatic carbocycles. The van der Waals surface area contributed by atoms with Crippen molar-refractivity contribution in [2.75, 3.05) is 17.2 Å². The first-order valence-electron chi connectivity index (χ1n) is 7.12. The van der Waals surface area contributed by atoms with E-state index in [0.717, 1.165) is 29.4 Å². The molecular formula is C16H24N4. The van der Waals surface area contributed by atoms with Gasteiger partial charge in [0, 0.05) is 19.3 Å². The number of nitrogens with zero attached hydrogens (tertiary/aromatic N) is 3. The Morgan fingerprint density at radius 1 is 1.25 bits per heavy atom. The fraction of sp³-hybridized carbons (Fsp3) is 0.438. The molecule has 0 spiro atoms. The van der Waals surface area contributed by atoms with Crippen LogP contribution in [0.15, 0.2) is 24.3 Å². The van der Waals surface area contributed by atoms with Gasteiger partial charge >= 0.3 is 0 Å². The van der Waals surface area contributed by atoms with Gasteiger partial charge in [-0.1, -0.05) is 31.5 Å². The van der Waals surface area contributed by atoms with Crippen LogP contribution in [-0.2, 0) is 7.05 Å². The summed E-state index contributed by atoms with van der Waals surface area (Å²) in [5, 5.41) is 4.57. The van der Waals surface area contributed by atoms with E-state index in [1.165, 1.54) is 5.56 Å². The van der Waals surface area contributed by atoms with Crippen LogP contribution in [0.3, 0.4) is 0 Å². The van der Waals surface area contributed by atoms with Crippen LogP contribution in [0.4, 0.5) is 17.2 Å². The van der Waals surface area contributed by atoms with Gasteiger partial charge in [0.25, 0.3) is 0 Å². The topological polar surface area (TPSA) is 47.1 Å². The van der Waals surface area contributed by atoms with Gasteiger partial charge in [-0.15, -0.1) is 0 Å². The number of anilines is 3. The van der Waals surface area contributed by atoms with Crippen molar-refractivity contribution in [1.82, 2.24) is 9.78 Å². The maximum atomic E-state index is 6.32. The van der Waals surface area contributed by atoms with Gasteiger partial charge in [-0.25, -0.2) is 0 Å². The third-order valence-corrected chi connectivity index (χ3v) is 3.55. The first-order chi connectivity index (χ1) is 9.45. The zero-order valence-corrected chi connectivity index (χ0v) is 13.0. The smallest absolute Gasteiger partial charge is 0.154 e. The molecule has 1 heterocycles. The van der Waals surface area contributed by atoms with Crippen LogP contribution in [-0.4, -0.2) is 16.3 Å². The molecule has 0 bridgehead atoms. The highest BCUT2D eigenvalue weighted by Gasteiger charge is 2.21. The first kappa shape index (κ1) is 14.4. The van der Waals surface area contributed by atoms with E-state index < -0.39 is 0 Å². The van der Waals surface area contributed by atoms with E-state index in [2.05, 4.69) is 62.0 Å². The quantitative estimate of drug-likeness (QED) is 0.925. The molecule has 0 fully saturated rings. The third kappa shape index (κ3) is 2.50. The van der Waals surface area contributed by atoms with Crippen LogP contribution in [0.2, 0.25) is 0 Å². The number of nitrogens with two attached hydrogens (primary N) is 1. The summed E-state index contributed by atoms with van der Waals surface area (Å²) < 4.78 is 1.88. The van der Waals surface area contributed by atoms with Crippen LogP contribution in [0, 0.1) is 6.92 Å². The molecular weight excluding hydrogens is 248 g/mol. The number of benzene rings is 1. The van der Waals surface area contributed by atoms with E-state index in [1.54, 1.807) is 0 Å². The summed E-state index contributed by atoms with van der Waals surface area (Å²) in [4.78, 5) is 2.20. The van der Waals surface area contributed by atoms with E-state index >= 15 is 0 Å². The van der Waals surface area contributed by atoms with Gasteiger partial charge in [0.15, 0.2) is 5.82 Å². The van der Waals surface area contributed by atoms with Crippen molar-refractivity contribution in [2.24, 2.45) is 7.05 Å². The largest absolute Gasteiger partial charge is 0.394 e. The number of aromatic nitrogens is 2. The van der Waals surface area contributed by atoms with Gasteiger partial charge in [0.05, 0.1) is 11.4 Å². The number of rotatable bonds is 4. The van der Waals surface area contributed by atoms with Crippen LogP contribution < -0.4 is 10.6 Å². The van der Waals surface area contributed by atoms with Gasteiger partial charge in [-0.2, -0.15) is 5.10 Å². The molecule has 2 N–H and O–H groups in total. The first-order valence-corrected chi connectivity index (χ1v) is 7.12. The second kappa shape index (κ2) is 5.57. The second-order valence-corrected chi connectivity index (χ2v) is 5.48. The Morgan fingerprint density at radius 2 is 1.85 bits per heavy atom. The Bertz CT molecular complexity index is 581. The summed E-state index contributed by atoms with van der Waals surface area (Å²) in [5.41, 5.74) is 10.5. The van der Waals surface area contributed by atoms with Gasteiger partial charge < -0.3 is 10.6 Å². The molecule has 0 aliphatic rings. The monoisotopic (exact) mass is 272 g/mol. The summed E-state index contributed by atoms with van der Waals surface area (Å²) in [6.07, 6.45) is 0. The number of nitrogen functional groups attached to an aromatic ring is 1. The highest BCUT2D eigenvalue weighted by atomic mass is 15.4. The molecule has 0 unspecified atom stereocenters. The maximum Gasteiger partial charge on any atom is 0.154 e. The van der Waals surface area contributed by atoms with Gasteiger partial charge in [0.1, 0.15) is 0 Å². The molecule has 2 aromatic rings. The Labute approximate surface area is 121 Å². The van der Waals surface area contributed by atoms with Crippen LogP contribution in [0.1, 0.15) is 37.9 Å². The molecule has 1 aromatic carbocycles. The summed E-state index contributed by atoms with van der Waals surface area (Å²) in [7, 11) is 1.95. The minimum absolute atomic E-state index is 0.326. The van der Waals surface area contributed by atoms with Crippen molar-refractivity contribution in [1.29, 1.82) is 0 Å². The molecule has 4 heteroatoms. The summed E-state index contributed by atoms with van der Waals surface area (Å²) >= 11 is 0. The van der Waals surface area contributed by atoms with Crippen molar-refractivity contribution >= 4 is 17.2 Å². The number of hydrogen-bond donors (Lipinski definition) is 1. The number of hydrogen-bond acceptors (Lipinski definition) is 3. The van der Waals surface area contributed by atoms with Gasteiger partial charge in [0.2, 0.25) is 0 Å². The highest BCUT2D eigenvalue weighted by Crippen LogP contribution is 2.34. The number of aryl methyl sites for hydroxylation is 2. The van der Waals surface area contributed by atoms with E-state index in [-0.39, 0.29) is 0 Å². The van der Waals surface area contributed by atoms with Crippen LogP contribution >= 0.6 is 0 Å². The molecule has 0 saturated carbocycles. The van der Waals surface area contributed by atoms with Crippen molar-refractivity contribution < 1.29 is 0 Å². The zero-order valence-electron chi connectivity index (χ0n) is 13.0. The summed E-state index contributed by atoms with van der Waals surface area (Å²) in [6, 6.07) is 8.49. The third-order valence-electron chi connectivity index (χ3n) is 3.55. The van der Waals surface area contributed by atoms with E-state index in [4.69, 9.17) is 5.73 Å². The lowest BCUT2D eigenvalue weighted by Crippen LogP contribution is -2.20. The van der Waals surface area contributed by atoms with E-state index in [9.17, 15) is 0 Å². The molecule has 4 nitrogen and oxygen atoms in total. The molecule has 0 radical (unpaired) electrons. The van der Waals surface area contributed by atoms with Crippen molar-refractivity contribution in [3.8, 4) is 0 Å². The minimum atomic E-state index is 0.326. The van der Waals surface area contributed by atoms with Crippen LogP contribution in [0.25, 0.3) is 0 Å². The standard InChI is InChI=1S/C16H24N4/c1-6-20(13-9-7-12(4)8-10-13)16-14(17)15(11(2)3)18-19(16)5/h7-11H,6,17H2,1-5H3. The SMILES string of the molecule is CCN(c1ccc(C)cc1)c1c(N)c(C(C)C)nn1C. The Hall–Kier alpha value is -1.97. The fourth-order valence-electron chi connectivity index (χ4n) is 2.48. The molecule has 2 rings (SSSR count). The molecule has 0 atom stereocenters. The Kier molecular flexibility index (Phi) is 4.02. The maximum absolute atomic E-state index is 6.32. The highest BCUT2D eigenvalue weighted by molar-refractivity contribution is 5.74. The Morgan fingerprint density at radius 3 is 2.30 bits per heavy atom. The Balaban J connectivity index is 2.49. The predicted octanol–water partition coefficient (Wildman–Crippen LogP) is 3.59. The lowest BCUT2D eigenvalue weighted by atomic mass is 10.1. The van der Waals surface area contributed by atoms with Gasteiger partial charge in [-0.3, -0.25) is 4.68 Å². The minimum Gasteiger partial charge on any atom is -0.394 e. The van der Waals surface area contributed by atoms with Crippen molar-refractivity contribution in [3.05, 3.63) is 35.5 Å². The lowest BCUT2D eigenvalue weighted by Gasteiger charge is -2.24. The zero-order chi connectivity index (χ0) is 14.9. The van der Waals surface area contributed by atoms with Gasteiger partial charge in [-0.05, 0) is 31.9 Å². The average Bonchev–Trinajstić information content (AvgIpc) is 2.70. The molecule has 108 valence electrons. The second-order valence-electron chi connectivity index (χ2n) is 5.48.